The van der Waals surface area contributed by atoms with Crippen molar-refractivity contribution in [2.75, 3.05) is 34.4 Å². The molecule has 0 radical (unpaired) electrons. The largest absolute Gasteiger partial charge is 1.00 e. The second kappa shape index (κ2) is 9.75. The zero-order chi connectivity index (χ0) is 18.4. The monoisotopic (exact) mass is 373 g/mol. The van der Waals surface area contributed by atoms with Gasteiger partial charge in [-0.3, -0.25) is 9.59 Å². The highest BCUT2D eigenvalue weighted by Gasteiger charge is 2.36. The number of quaternary nitrogens is 1. The summed E-state index contributed by atoms with van der Waals surface area (Å²) in [5.74, 6) is -1.10. The van der Waals surface area contributed by atoms with Crippen molar-refractivity contribution in [1.82, 2.24) is 0 Å². The number of rotatable bonds is 8. The molecule has 0 aliphatic rings. The highest BCUT2D eigenvalue weighted by molar-refractivity contribution is 5.77. The van der Waals surface area contributed by atoms with E-state index in [1.165, 1.54) is 19.4 Å². The van der Waals surface area contributed by atoms with E-state index in [4.69, 9.17) is 9.47 Å². The molecule has 0 fully saturated rings. The zero-order valence-electron chi connectivity index (χ0n) is 15.5. The van der Waals surface area contributed by atoms with Crippen LogP contribution in [0.1, 0.15) is 25.0 Å². The Labute approximate surface area is 155 Å². The minimum atomic E-state index is -1.25. The SMILES string of the molecule is CC(=O)OCC(C)(CO)C(=O)OCc1ccc(C[N+](C)(C)C)cc1.[Cl-]. The molecule has 7 heteroatoms. The van der Waals surface area contributed by atoms with Gasteiger partial charge in [-0.05, 0) is 12.5 Å². The molecule has 25 heavy (non-hydrogen) atoms. The zero-order valence-corrected chi connectivity index (χ0v) is 16.3. The molecule has 1 aromatic carbocycles. The summed E-state index contributed by atoms with van der Waals surface area (Å²) < 4.78 is 10.9. The molecule has 1 unspecified atom stereocenters. The molecule has 1 rings (SSSR count). The third kappa shape index (κ3) is 8.34. The molecule has 0 aliphatic carbocycles. The number of esters is 2. The maximum atomic E-state index is 12.2. The number of halogens is 1. The van der Waals surface area contributed by atoms with Gasteiger partial charge in [-0.2, -0.15) is 0 Å². The number of carbonyl (C=O) groups excluding carboxylic acids is 2. The number of benzene rings is 1. The quantitative estimate of drug-likeness (QED) is 0.443. The van der Waals surface area contributed by atoms with Gasteiger partial charge in [0.1, 0.15) is 25.2 Å². The Hall–Kier alpha value is -1.63. The van der Waals surface area contributed by atoms with Gasteiger partial charge < -0.3 is 31.5 Å². The van der Waals surface area contributed by atoms with Crippen molar-refractivity contribution >= 4 is 11.9 Å². The van der Waals surface area contributed by atoms with E-state index in [1.807, 2.05) is 24.3 Å². The molecular formula is C18H28ClNO5. The van der Waals surface area contributed by atoms with Gasteiger partial charge in [0.05, 0.1) is 27.7 Å². The van der Waals surface area contributed by atoms with Crippen LogP contribution in [0.15, 0.2) is 24.3 Å². The Kier molecular flexibility index (Phi) is 9.11. The van der Waals surface area contributed by atoms with Crippen molar-refractivity contribution in [3.63, 3.8) is 0 Å². The van der Waals surface area contributed by atoms with Crippen molar-refractivity contribution in [2.45, 2.75) is 27.0 Å². The summed E-state index contributed by atoms with van der Waals surface area (Å²) >= 11 is 0. The molecule has 0 aliphatic heterocycles. The number of nitrogens with zero attached hydrogens (tertiary/aromatic N) is 1. The van der Waals surface area contributed by atoms with Gasteiger partial charge in [0.15, 0.2) is 0 Å². The van der Waals surface area contributed by atoms with Gasteiger partial charge in [0, 0.05) is 12.5 Å². The van der Waals surface area contributed by atoms with Crippen molar-refractivity contribution < 1.29 is 41.1 Å². The van der Waals surface area contributed by atoms with E-state index in [1.54, 1.807) is 0 Å². The summed E-state index contributed by atoms with van der Waals surface area (Å²) in [6.45, 7) is 3.11. The van der Waals surface area contributed by atoms with Gasteiger partial charge in [-0.1, -0.05) is 24.3 Å². The van der Waals surface area contributed by atoms with E-state index in [2.05, 4.69) is 21.1 Å². The molecule has 0 saturated carbocycles. The molecule has 1 atom stereocenters. The number of aliphatic hydroxyl groups is 1. The second-order valence-electron chi connectivity index (χ2n) is 7.34. The Balaban J connectivity index is 0.00000576. The van der Waals surface area contributed by atoms with Crippen LogP contribution in [0.4, 0.5) is 0 Å². The first-order valence-corrected chi connectivity index (χ1v) is 7.85. The summed E-state index contributed by atoms with van der Waals surface area (Å²) in [7, 11) is 6.36. The molecular weight excluding hydrogens is 346 g/mol. The molecule has 6 nitrogen and oxygen atoms in total. The van der Waals surface area contributed by atoms with Crippen LogP contribution >= 0.6 is 0 Å². The van der Waals surface area contributed by atoms with Gasteiger partial charge >= 0.3 is 11.9 Å². The molecule has 0 heterocycles. The van der Waals surface area contributed by atoms with Crippen molar-refractivity contribution in [3.8, 4) is 0 Å². The van der Waals surface area contributed by atoms with E-state index in [9.17, 15) is 14.7 Å². The van der Waals surface area contributed by atoms with Crippen LogP contribution in [0.2, 0.25) is 0 Å². The number of hydrogen-bond donors (Lipinski definition) is 1. The Morgan fingerprint density at radius 3 is 2.04 bits per heavy atom. The van der Waals surface area contributed by atoms with Gasteiger partial charge in [-0.15, -0.1) is 0 Å². The molecule has 1 aromatic rings. The molecule has 0 bridgehead atoms. The van der Waals surface area contributed by atoms with Gasteiger partial charge in [-0.25, -0.2) is 0 Å². The fourth-order valence-electron chi connectivity index (χ4n) is 2.04. The van der Waals surface area contributed by atoms with E-state index in [0.29, 0.717) is 0 Å². The summed E-state index contributed by atoms with van der Waals surface area (Å²) in [6.07, 6.45) is 0. The lowest BCUT2D eigenvalue weighted by Crippen LogP contribution is -3.00. The van der Waals surface area contributed by atoms with Crippen LogP contribution in [0, 0.1) is 5.41 Å². The van der Waals surface area contributed by atoms with Crippen LogP contribution in [0.25, 0.3) is 0 Å². The minimum Gasteiger partial charge on any atom is -1.00 e. The maximum absolute atomic E-state index is 12.2. The Morgan fingerprint density at radius 2 is 1.60 bits per heavy atom. The normalized spacial score (nSPS) is 13.4. The van der Waals surface area contributed by atoms with Gasteiger partial charge in [0.25, 0.3) is 0 Å². The first-order chi connectivity index (χ1) is 11.1. The summed E-state index contributed by atoms with van der Waals surface area (Å²) in [5, 5.41) is 9.42. The number of aliphatic hydroxyl groups excluding tert-OH is 1. The highest BCUT2D eigenvalue weighted by atomic mass is 35.5. The van der Waals surface area contributed by atoms with Crippen LogP contribution < -0.4 is 12.4 Å². The molecule has 0 spiro atoms. The molecule has 142 valence electrons. The average Bonchev–Trinajstić information content (AvgIpc) is 2.50. The number of ether oxygens (including phenoxy) is 2. The topological polar surface area (TPSA) is 72.8 Å². The lowest BCUT2D eigenvalue weighted by atomic mass is 9.93. The average molecular weight is 374 g/mol. The van der Waals surface area contributed by atoms with Crippen molar-refractivity contribution in [1.29, 1.82) is 0 Å². The lowest BCUT2D eigenvalue weighted by molar-refractivity contribution is -0.884. The highest BCUT2D eigenvalue weighted by Crippen LogP contribution is 2.20. The Bertz CT molecular complexity index is 568. The van der Waals surface area contributed by atoms with Crippen LogP contribution in [-0.2, 0) is 32.2 Å². The number of hydrogen-bond acceptors (Lipinski definition) is 5. The van der Waals surface area contributed by atoms with E-state index < -0.39 is 24.0 Å². The standard InChI is InChI=1S/C18H28NO5.ClH/c1-14(21)24-13-18(2,12-20)17(22)23-11-16-8-6-15(7-9-16)10-19(3,4)5;/h6-9,20H,10-13H2,1-5H3;1H/q+1;/p-1. The Morgan fingerprint density at radius 1 is 1.08 bits per heavy atom. The van der Waals surface area contributed by atoms with Crippen LogP contribution in [-0.4, -0.2) is 55.9 Å². The third-order valence-corrected chi connectivity index (χ3v) is 3.49. The molecule has 1 N–H and O–H groups in total. The number of carbonyl (C=O) groups is 2. The maximum Gasteiger partial charge on any atom is 0.317 e. The molecule has 0 amide bonds. The van der Waals surface area contributed by atoms with Gasteiger partial charge in [0.2, 0.25) is 0 Å². The fourth-order valence-corrected chi connectivity index (χ4v) is 2.04. The van der Waals surface area contributed by atoms with E-state index in [0.717, 1.165) is 16.6 Å². The summed E-state index contributed by atoms with van der Waals surface area (Å²) in [4.78, 5) is 23.0. The summed E-state index contributed by atoms with van der Waals surface area (Å²) in [6, 6.07) is 7.86. The predicted octanol–water partition coefficient (Wildman–Crippen LogP) is -1.50. The van der Waals surface area contributed by atoms with Crippen molar-refractivity contribution in [2.24, 2.45) is 5.41 Å². The molecule has 0 aromatic heterocycles. The molecule has 0 saturated heterocycles. The van der Waals surface area contributed by atoms with Crippen LogP contribution in [0.5, 0.6) is 0 Å². The lowest BCUT2D eigenvalue weighted by Gasteiger charge is -2.24. The first-order valence-electron chi connectivity index (χ1n) is 7.85. The second-order valence-corrected chi connectivity index (χ2v) is 7.34. The first kappa shape index (κ1) is 23.4. The fraction of sp³-hybridized carbons (Fsp3) is 0.556. The third-order valence-electron chi connectivity index (χ3n) is 3.49. The summed E-state index contributed by atoms with van der Waals surface area (Å²) in [5.41, 5.74) is 0.809. The van der Waals surface area contributed by atoms with E-state index in [-0.39, 0.29) is 25.6 Å². The van der Waals surface area contributed by atoms with E-state index >= 15 is 0 Å². The van der Waals surface area contributed by atoms with Crippen molar-refractivity contribution in [3.05, 3.63) is 35.4 Å². The smallest absolute Gasteiger partial charge is 0.317 e. The predicted molar refractivity (Wildman–Crippen MR) is 89.8 cm³/mol. The van der Waals surface area contributed by atoms with Crippen LogP contribution in [0.3, 0.4) is 0 Å². The minimum absolute atomic E-state index is 0.